The SMILES string of the molecule is COC(=O)C(C)(C)NC(=O)Nc1ccc(F)cc1. The molecule has 98 valence electrons. The molecule has 0 radical (unpaired) electrons. The van der Waals surface area contributed by atoms with Gasteiger partial charge in [-0.3, -0.25) is 0 Å². The first-order chi connectivity index (χ1) is 8.35. The van der Waals surface area contributed by atoms with E-state index in [1.165, 1.54) is 45.2 Å². The number of hydrogen-bond donors (Lipinski definition) is 2. The number of hydrogen-bond acceptors (Lipinski definition) is 3. The Labute approximate surface area is 104 Å². The van der Waals surface area contributed by atoms with Crippen molar-refractivity contribution in [1.82, 2.24) is 5.32 Å². The van der Waals surface area contributed by atoms with Crippen molar-refractivity contribution in [1.29, 1.82) is 0 Å². The Morgan fingerprint density at radius 1 is 1.22 bits per heavy atom. The fourth-order valence-electron chi connectivity index (χ4n) is 1.29. The molecule has 2 amide bonds. The molecule has 1 aromatic carbocycles. The van der Waals surface area contributed by atoms with Crippen LogP contribution in [0.2, 0.25) is 0 Å². The smallest absolute Gasteiger partial charge is 0.331 e. The van der Waals surface area contributed by atoms with Crippen molar-refractivity contribution in [3.63, 3.8) is 0 Å². The minimum atomic E-state index is -1.14. The highest BCUT2D eigenvalue weighted by atomic mass is 19.1. The predicted octanol–water partition coefficient (Wildman–Crippen LogP) is 1.90. The van der Waals surface area contributed by atoms with E-state index in [0.29, 0.717) is 5.69 Å². The Hall–Kier alpha value is -2.11. The van der Waals surface area contributed by atoms with Crippen LogP contribution >= 0.6 is 0 Å². The van der Waals surface area contributed by atoms with Crippen LogP contribution in [0.15, 0.2) is 24.3 Å². The Kier molecular flexibility index (Phi) is 4.25. The van der Waals surface area contributed by atoms with Gasteiger partial charge in [-0.2, -0.15) is 0 Å². The van der Waals surface area contributed by atoms with Gasteiger partial charge in [-0.05, 0) is 38.1 Å². The molecule has 0 aliphatic carbocycles. The first-order valence-corrected chi connectivity index (χ1v) is 5.28. The summed E-state index contributed by atoms with van der Waals surface area (Å²) in [6.07, 6.45) is 0. The average Bonchev–Trinajstić information content (AvgIpc) is 2.30. The minimum Gasteiger partial charge on any atom is -0.467 e. The average molecular weight is 254 g/mol. The van der Waals surface area contributed by atoms with Crippen LogP contribution in [-0.2, 0) is 9.53 Å². The molecule has 0 saturated carbocycles. The van der Waals surface area contributed by atoms with Gasteiger partial charge in [0.25, 0.3) is 0 Å². The second-order valence-corrected chi connectivity index (χ2v) is 4.20. The number of nitrogens with one attached hydrogen (secondary N) is 2. The third kappa shape index (κ3) is 3.73. The fourth-order valence-corrected chi connectivity index (χ4v) is 1.29. The molecule has 0 aromatic heterocycles. The summed E-state index contributed by atoms with van der Waals surface area (Å²) in [6, 6.07) is 4.71. The zero-order valence-electron chi connectivity index (χ0n) is 10.4. The van der Waals surface area contributed by atoms with Crippen LogP contribution < -0.4 is 10.6 Å². The maximum Gasteiger partial charge on any atom is 0.331 e. The molecule has 0 fully saturated rings. The summed E-state index contributed by atoms with van der Waals surface area (Å²) in [6.45, 7) is 3.03. The first kappa shape index (κ1) is 14.0. The quantitative estimate of drug-likeness (QED) is 0.809. The summed E-state index contributed by atoms with van der Waals surface area (Å²) in [5.74, 6) is -0.951. The van der Waals surface area contributed by atoms with Crippen molar-refractivity contribution in [2.45, 2.75) is 19.4 Å². The topological polar surface area (TPSA) is 67.4 Å². The van der Waals surface area contributed by atoms with E-state index in [4.69, 9.17) is 0 Å². The van der Waals surface area contributed by atoms with Crippen molar-refractivity contribution in [3.05, 3.63) is 30.1 Å². The molecule has 0 bridgehead atoms. The van der Waals surface area contributed by atoms with E-state index in [-0.39, 0.29) is 0 Å². The van der Waals surface area contributed by atoms with Crippen LogP contribution in [0, 0.1) is 5.82 Å². The van der Waals surface area contributed by atoms with E-state index in [9.17, 15) is 14.0 Å². The monoisotopic (exact) mass is 254 g/mol. The van der Waals surface area contributed by atoms with Gasteiger partial charge >= 0.3 is 12.0 Å². The Balaban J connectivity index is 2.62. The lowest BCUT2D eigenvalue weighted by Gasteiger charge is -2.23. The summed E-state index contributed by atoms with van der Waals surface area (Å²) in [5, 5.41) is 4.93. The van der Waals surface area contributed by atoms with Crippen LogP contribution in [0.5, 0.6) is 0 Å². The number of halogens is 1. The molecular weight excluding hydrogens is 239 g/mol. The van der Waals surface area contributed by atoms with Crippen LogP contribution in [-0.4, -0.2) is 24.6 Å². The second-order valence-electron chi connectivity index (χ2n) is 4.20. The lowest BCUT2D eigenvalue weighted by Crippen LogP contribution is -2.51. The van der Waals surface area contributed by atoms with Gasteiger partial charge in [0, 0.05) is 5.69 Å². The van der Waals surface area contributed by atoms with Gasteiger partial charge in [0.2, 0.25) is 0 Å². The fraction of sp³-hybridized carbons (Fsp3) is 0.333. The lowest BCUT2D eigenvalue weighted by atomic mass is 10.1. The van der Waals surface area contributed by atoms with Crippen LogP contribution in [0.3, 0.4) is 0 Å². The molecule has 18 heavy (non-hydrogen) atoms. The van der Waals surface area contributed by atoms with E-state index in [1.807, 2.05) is 0 Å². The molecule has 0 aliphatic heterocycles. The van der Waals surface area contributed by atoms with Crippen molar-refractivity contribution in [3.8, 4) is 0 Å². The van der Waals surface area contributed by atoms with Crippen LogP contribution in [0.1, 0.15) is 13.8 Å². The maximum absolute atomic E-state index is 12.7. The number of carbonyl (C=O) groups excluding carboxylic acids is 2. The zero-order valence-corrected chi connectivity index (χ0v) is 10.4. The van der Waals surface area contributed by atoms with Crippen molar-refractivity contribution in [2.24, 2.45) is 0 Å². The van der Waals surface area contributed by atoms with E-state index < -0.39 is 23.4 Å². The van der Waals surface area contributed by atoms with E-state index >= 15 is 0 Å². The summed E-state index contributed by atoms with van der Waals surface area (Å²) in [5.41, 5.74) is -0.714. The molecule has 1 aromatic rings. The van der Waals surface area contributed by atoms with Gasteiger partial charge < -0.3 is 15.4 Å². The van der Waals surface area contributed by atoms with Gasteiger partial charge in [0.05, 0.1) is 7.11 Å². The number of urea groups is 1. The van der Waals surface area contributed by atoms with Crippen molar-refractivity contribution >= 4 is 17.7 Å². The molecule has 0 saturated heterocycles. The highest BCUT2D eigenvalue weighted by molar-refractivity contribution is 5.93. The number of carbonyl (C=O) groups is 2. The lowest BCUT2D eigenvalue weighted by molar-refractivity contribution is -0.146. The number of anilines is 1. The highest BCUT2D eigenvalue weighted by Crippen LogP contribution is 2.09. The largest absolute Gasteiger partial charge is 0.467 e. The molecule has 1 rings (SSSR count). The Bertz CT molecular complexity index is 443. The number of esters is 1. The third-order valence-electron chi connectivity index (χ3n) is 2.22. The predicted molar refractivity (Wildman–Crippen MR) is 64.6 cm³/mol. The molecule has 2 N–H and O–H groups in total. The summed E-state index contributed by atoms with van der Waals surface area (Å²) in [4.78, 5) is 23.0. The van der Waals surface area contributed by atoms with Crippen molar-refractivity contribution in [2.75, 3.05) is 12.4 Å². The number of ether oxygens (including phenoxy) is 1. The molecule has 5 nitrogen and oxygen atoms in total. The second kappa shape index (κ2) is 5.48. The molecule has 0 unspecified atom stereocenters. The van der Waals surface area contributed by atoms with Crippen LogP contribution in [0.25, 0.3) is 0 Å². The normalized spacial score (nSPS) is 10.7. The number of rotatable bonds is 3. The zero-order chi connectivity index (χ0) is 13.8. The number of amides is 2. The van der Waals surface area contributed by atoms with Gasteiger partial charge in [0.15, 0.2) is 0 Å². The molecule has 0 aliphatic rings. The molecule has 0 heterocycles. The molecule has 0 spiro atoms. The summed E-state index contributed by atoms with van der Waals surface area (Å²) in [7, 11) is 1.24. The van der Waals surface area contributed by atoms with Crippen molar-refractivity contribution < 1.29 is 18.7 Å². The Morgan fingerprint density at radius 3 is 2.28 bits per heavy atom. The molecule has 0 atom stereocenters. The molecule has 6 heteroatoms. The standard InChI is InChI=1S/C12H15FN2O3/c1-12(2,10(16)18-3)15-11(17)14-9-6-4-8(13)5-7-9/h4-7H,1-3H3,(H2,14,15,17). The van der Waals surface area contributed by atoms with Gasteiger partial charge in [-0.25, -0.2) is 14.0 Å². The van der Waals surface area contributed by atoms with E-state index in [0.717, 1.165) is 0 Å². The van der Waals surface area contributed by atoms with Gasteiger partial charge in [-0.1, -0.05) is 0 Å². The third-order valence-corrected chi connectivity index (χ3v) is 2.22. The van der Waals surface area contributed by atoms with Gasteiger partial charge in [0.1, 0.15) is 11.4 Å². The molecular formula is C12H15FN2O3. The van der Waals surface area contributed by atoms with E-state index in [2.05, 4.69) is 15.4 Å². The van der Waals surface area contributed by atoms with Gasteiger partial charge in [-0.15, -0.1) is 0 Å². The Morgan fingerprint density at radius 2 is 1.78 bits per heavy atom. The van der Waals surface area contributed by atoms with Crippen LogP contribution in [0.4, 0.5) is 14.9 Å². The first-order valence-electron chi connectivity index (χ1n) is 5.28. The summed E-state index contributed by atoms with van der Waals surface area (Å²) >= 11 is 0. The van der Waals surface area contributed by atoms with E-state index in [1.54, 1.807) is 0 Å². The minimum absolute atomic E-state index is 0.393. The maximum atomic E-state index is 12.7. The summed E-state index contributed by atoms with van der Waals surface area (Å²) < 4.78 is 17.2. The highest BCUT2D eigenvalue weighted by Gasteiger charge is 2.30. The number of benzene rings is 1. The number of methoxy groups -OCH3 is 1.